The Labute approximate surface area is 119 Å². The molecule has 0 spiro atoms. The van der Waals surface area contributed by atoms with Gasteiger partial charge in [-0.1, -0.05) is 20.8 Å². The highest BCUT2D eigenvalue weighted by atomic mass is 15.2. The molecule has 19 heavy (non-hydrogen) atoms. The fourth-order valence-electron chi connectivity index (χ4n) is 2.07. The molecule has 0 aromatic rings. The van der Waals surface area contributed by atoms with Gasteiger partial charge in [-0.05, 0) is 39.9 Å². The minimum Gasteiger partial charge on any atom is -0.308 e. The normalized spacial score (nSPS) is 14.9. The number of nitriles is 1. The molecule has 112 valence electrons. The molecule has 0 aliphatic rings. The Bertz CT molecular complexity index is 270. The van der Waals surface area contributed by atoms with Crippen molar-refractivity contribution in [3.63, 3.8) is 0 Å². The first-order valence-corrected chi connectivity index (χ1v) is 7.36. The SMILES string of the molecule is CCCNC(C)(C#N)CN(CCN(C)C)CC(C)C. The van der Waals surface area contributed by atoms with Gasteiger partial charge in [0.15, 0.2) is 0 Å². The van der Waals surface area contributed by atoms with Crippen LogP contribution in [0.15, 0.2) is 0 Å². The summed E-state index contributed by atoms with van der Waals surface area (Å²) in [4.78, 5) is 4.59. The van der Waals surface area contributed by atoms with E-state index in [1.165, 1.54) is 0 Å². The molecular weight excluding hydrogens is 236 g/mol. The number of rotatable bonds is 10. The second kappa shape index (κ2) is 9.30. The predicted molar refractivity (Wildman–Crippen MR) is 82.1 cm³/mol. The van der Waals surface area contributed by atoms with Gasteiger partial charge < -0.3 is 4.90 Å². The van der Waals surface area contributed by atoms with Crippen LogP contribution in [0.25, 0.3) is 0 Å². The van der Waals surface area contributed by atoms with E-state index in [1.807, 2.05) is 6.92 Å². The van der Waals surface area contributed by atoms with Gasteiger partial charge in [-0.3, -0.25) is 10.2 Å². The van der Waals surface area contributed by atoms with Crippen LogP contribution in [0.2, 0.25) is 0 Å². The summed E-state index contributed by atoms with van der Waals surface area (Å²) in [6.07, 6.45) is 1.05. The Balaban J connectivity index is 4.53. The maximum absolute atomic E-state index is 9.42. The van der Waals surface area contributed by atoms with Crippen LogP contribution in [0.3, 0.4) is 0 Å². The van der Waals surface area contributed by atoms with Crippen molar-refractivity contribution in [2.45, 2.75) is 39.7 Å². The van der Waals surface area contributed by atoms with Crippen LogP contribution in [-0.4, -0.2) is 62.2 Å². The third-order valence-electron chi connectivity index (χ3n) is 3.04. The predicted octanol–water partition coefficient (Wildman–Crippen LogP) is 1.79. The lowest BCUT2D eigenvalue weighted by molar-refractivity contribution is 0.183. The molecule has 0 rings (SSSR count). The topological polar surface area (TPSA) is 42.3 Å². The van der Waals surface area contributed by atoms with Crippen LogP contribution in [-0.2, 0) is 0 Å². The van der Waals surface area contributed by atoms with Crippen molar-refractivity contribution in [1.82, 2.24) is 15.1 Å². The standard InChI is InChI=1S/C15H32N4/c1-7-8-17-15(4,12-16)13-19(11-14(2)3)10-9-18(5)6/h14,17H,7-11,13H2,1-6H3. The van der Waals surface area contributed by atoms with Gasteiger partial charge in [-0.25, -0.2) is 0 Å². The van der Waals surface area contributed by atoms with E-state index in [4.69, 9.17) is 0 Å². The highest BCUT2D eigenvalue weighted by Gasteiger charge is 2.26. The average Bonchev–Trinajstić information content (AvgIpc) is 2.33. The molecule has 0 amide bonds. The van der Waals surface area contributed by atoms with Gasteiger partial charge in [-0.15, -0.1) is 0 Å². The van der Waals surface area contributed by atoms with E-state index in [0.29, 0.717) is 5.92 Å². The molecule has 0 saturated heterocycles. The molecular formula is C15H32N4. The summed E-state index contributed by atoms with van der Waals surface area (Å²) in [5.74, 6) is 0.622. The molecule has 4 nitrogen and oxygen atoms in total. The van der Waals surface area contributed by atoms with Gasteiger partial charge in [0, 0.05) is 26.2 Å². The lowest BCUT2D eigenvalue weighted by Gasteiger charge is -2.33. The molecule has 0 heterocycles. The lowest BCUT2D eigenvalue weighted by atomic mass is 10.0. The third kappa shape index (κ3) is 8.99. The van der Waals surface area contributed by atoms with Crippen molar-refractivity contribution in [2.24, 2.45) is 5.92 Å². The molecule has 4 heteroatoms. The van der Waals surface area contributed by atoms with Crippen LogP contribution in [0.5, 0.6) is 0 Å². The van der Waals surface area contributed by atoms with Crippen molar-refractivity contribution in [2.75, 3.05) is 46.8 Å². The molecule has 0 aliphatic heterocycles. The van der Waals surface area contributed by atoms with Crippen LogP contribution in [0, 0.1) is 17.2 Å². The van der Waals surface area contributed by atoms with E-state index in [9.17, 15) is 5.26 Å². The minimum atomic E-state index is -0.447. The molecule has 0 fully saturated rings. The number of likely N-dealkylation sites (N-methyl/N-ethyl adjacent to an activating group) is 1. The quantitative estimate of drug-likeness (QED) is 0.656. The Morgan fingerprint density at radius 3 is 2.32 bits per heavy atom. The van der Waals surface area contributed by atoms with E-state index in [-0.39, 0.29) is 0 Å². The maximum Gasteiger partial charge on any atom is 0.116 e. The van der Waals surface area contributed by atoms with Gasteiger partial charge in [0.2, 0.25) is 0 Å². The highest BCUT2D eigenvalue weighted by Crippen LogP contribution is 2.08. The number of hydrogen-bond donors (Lipinski definition) is 1. The average molecular weight is 268 g/mol. The summed E-state index contributed by atoms with van der Waals surface area (Å²) in [5, 5.41) is 12.8. The zero-order chi connectivity index (χ0) is 14.9. The third-order valence-corrected chi connectivity index (χ3v) is 3.04. The molecule has 1 N–H and O–H groups in total. The van der Waals surface area contributed by atoms with Gasteiger partial charge >= 0.3 is 0 Å². The Hall–Kier alpha value is -0.630. The summed E-state index contributed by atoms with van der Waals surface area (Å²) in [5.41, 5.74) is -0.447. The van der Waals surface area contributed by atoms with Gasteiger partial charge in [0.25, 0.3) is 0 Å². The summed E-state index contributed by atoms with van der Waals surface area (Å²) < 4.78 is 0. The molecule has 1 atom stereocenters. The maximum atomic E-state index is 9.42. The van der Waals surface area contributed by atoms with Crippen molar-refractivity contribution >= 4 is 0 Å². The second-order valence-electron chi connectivity index (χ2n) is 6.30. The van der Waals surface area contributed by atoms with Gasteiger partial charge in [0.05, 0.1) is 6.07 Å². The Morgan fingerprint density at radius 2 is 1.89 bits per heavy atom. The second-order valence-corrected chi connectivity index (χ2v) is 6.30. The van der Waals surface area contributed by atoms with Gasteiger partial charge in [-0.2, -0.15) is 5.26 Å². The largest absolute Gasteiger partial charge is 0.308 e. The molecule has 0 aromatic heterocycles. The van der Waals surface area contributed by atoms with Crippen molar-refractivity contribution in [3.05, 3.63) is 0 Å². The van der Waals surface area contributed by atoms with Crippen molar-refractivity contribution in [3.8, 4) is 6.07 Å². The lowest BCUT2D eigenvalue weighted by Crippen LogP contribution is -2.52. The molecule has 1 unspecified atom stereocenters. The molecule has 0 bridgehead atoms. The zero-order valence-corrected chi connectivity index (χ0v) is 13.7. The first-order valence-electron chi connectivity index (χ1n) is 7.36. The first kappa shape index (κ1) is 18.4. The molecule has 0 saturated carbocycles. The highest BCUT2D eigenvalue weighted by molar-refractivity contribution is 5.05. The van der Waals surface area contributed by atoms with E-state index in [1.54, 1.807) is 0 Å². The van der Waals surface area contributed by atoms with Gasteiger partial charge in [0.1, 0.15) is 5.54 Å². The summed E-state index contributed by atoms with van der Waals surface area (Å²) >= 11 is 0. The fourth-order valence-corrected chi connectivity index (χ4v) is 2.07. The van der Waals surface area contributed by atoms with E-state index >= 15 is 0 Å². The van der Waals surface area contributed by atoms with Crippen LogP contribution < -0.4 is 5.32 Å². The monoisotopic (exact) mass is 268 g/mol. The minimum absolute atomic E-state index is 0.447. The van der Waals surface area contributed by atoms with Crippen LogP contribution in [0.1, 0.15) is 34.1 Å². The van der Waals surface area contributed by atoms with E-state index in [0.717, 1.165) is 39.1 Å². The molecule has 0 radical (unpaired) electrons. The smallest absolute Gasteiger partial charge is 0.116 e. The number of nitrogens with one attached hydrogen (secondary N) is 1. The van der Waals surface area contributed by atoms with Crippen LogP contribution in [0.4, 0.5) is 0 Å². The van der Waals surface area contributed by atoms with E-state index in [2.05, 4.69) is 56.1 Å². The molecule has 0 aliphatic carbocycles. The summed E-state index contributed by atoms with van der Waals surface area (Å²) in [7, 11) is 4.18. The first-order chi connectivity index (χ1) is 8.83. The zero-order valence-electron chi connectivity index (χ0n) is 13.7. The summed E-state index contributed by atoms with van der Waals surface area (Å²) in [6, 6.07) is 2.44. The van der Waals surface area contributed by atoms with Crippen molar-refractivity contribution < 1.29 is 0 Å². The van der Waals surface area contributed by atoms with Crippen molar-refractivity contribution in [1.29, 1.82) is 5.26 Å². The number of nitrogens with zero attached hydrogens (tertiary/aromatic N) is 3. The molecule has 0 aromatic carbocycles. The Kier molecular flexibility index (Phi) is 8.99. The fraction of sp³-hybridized carbons (Fsp3) is 0.933. The van der Waals surface area contributed by atoms with E-state index < -0.39 is 5.54 Å². The Morgan fingerprint density at radius 1 is 1.26 bits per heavy atom. The number of hydrogen-bond acceptors (Lipinski definition) is 4. The summed E-state index contributed by atoms with van der Waals surface area (Å²) in [6.45, 7) is 13.4. The van der Waals surface area contributed by atoms with Crippen LogP contribution >= 0.6 is 0 Å².